The number of benzene rings is 2. The van der Waals surface area contributed by atoms with Gasteiger partial charge >= 0.3 is 5.69 Å². The zero-order chi connectivity index (χ0) is 21.6. The van der Waals surface area contributed by atoms with Crippen LogP contribution in [-0.4, -0.2) is 55.3 Å². The monoisotopic (exact) mass is 416 g/mol. The number of rotatable bonds is 3. The molecule has 3 aromatic rings. The summed E-state index contributed by atoms with van der Waals surface area (Å²) in [5, 5.41) is 30.4. The Labute approximate surface area is 167 Å². The van der Waals surface area contributed by atoms with Crippen molar-refractivity contribution in [3.8, 4) is 0 Å². The van der Waals surface area contributed by atoms with E-state index in [0.29, 0.717) is 21.5 Å². The molecule has 0 amide bonds. The molecule has 0 bridgehead atoms. The van der Waals surface area contributed by atoms with Crippen LogP contribution in [0.15, 0.2) is 58.3 Å². The van der Waals surface area contributed by atoms with Crippen LogP contribution in [-0.2, 0) is 4.74 Å². The molecule has 4 atom stereocenters. The van der Waals surface area contributed by atoms with Crippen molar-refractivity contribution in [1.82, 2.24) is 9.13 Å². The lowest BCUT2D eigenvalue weighted by molar-refractivity contribution is -0.0558. The van der Waals surface area contributed by atoms with Gasteiger partial charge in [0.1, 0.15) is 18.3 Å². The van der Waals surface area contributed by atoms with E-state index in [1.165, 1.54) is 6.07 Å². The summed E-state index contributed by atoms with van der Waals surface area (Å²) in [6, 6.07) is 11.5. The Morgan fingerprint density at radius 2 is 1.77 bits per heavy atom. The summed E-state index contributed by atoms with van der Waals surface area (Å²) in [6.07, 6.45) is -5.58. The number of halogens is 1. The van der Waals surface area contributed by atoms with Gasteiger partial charge in [-0.1, -0.05) is 36.4 Å². The van der Waals surface area contributed by atoms with Crippen LogP contribution in [0.25, 0.3) is 10.8 Å². The predicted molar refractivity (Wildman–Crippen MR) is 102 cm³/mol. The fraction of sp³-hybridized carbons (Fsp3) is 0.250. The number of aromatic nitrogens is 2. The van der Waals surface area contributed by atoms with Gasteiger partial charge in [-0.25, -0.2) is 4.79 Å². The molecule has 30 heavy (non-hydrogen) atoms. The number of ether oxygens (including phenoxy) is 1. The maximum atomic E-state index is 14.4. The lowest BCUT2D eigenvalue weighted by atomic mass is 10.0. The molecule has 1 saturated heterocycles. The Morgan fingerprint density at radius 3 is 2.47 bits per heavy atom. The summed E-state index contributed by atoms with van der Waals surface area (Å²) in [4.78, 5) is 38.3. The highest BCUT2D eigenvalue weighted by atomic mass is 19.1. The third-order valence-corrected chi connectivity index (χ3v) is 5.09. The molecular weight excluding hydrogens is 399 g/mol. The van der Waals surface area contributed by atoms with E-state index in [1.54, 1.807) is 36.4 Å². The minimum absolute atomic E-state index is 0.00519. The van der Waals surface area contributed by atoms with Crippen LogP contribution in [0.1, 0.15) is 16.6 Å². The molecule has 4 rings (SSSR count). The van der Waals surface area contributed by atoms with Gasteiger partial charge in [-0.15, -0.1) is 0 Å². The molecule has 156 valence electrons. The van der Waals surface area contributed by atoms with Crippen LogP contribution >= 0.6 is 0 Å². The molecule has 0 saturated carbocycles. The second kappa shape index (κ2) is 7.58. The maximum Gasteiger partial charge on any atom is 0.340 e. The number of fused-ring (bicyclic) bond motifs is 1. The van der Waals surface area contributed by atoms with E-state index in [4.69, 9.17) is 4.74 Å². The third-order valence-electron chi connectivity index (χ3n) is 5.09. The summed E-state index contributed by atoms with van der Waals surface area (Å²) >= 11 is 0. The number of aliphatic hydroxyl groups excluding tert-OH is 3. The van der Waals surface area contributed by atoms with Crippen LogP contribution in [0.5, 0.6) is 0 Å². The first-order valence-corrected chi connectivity index (χ1v) is 9.03. The molecule has 1 aliphatic rings. The molecule has 10 heteroatoms. The van der Waals surface area contributed by atoms with Crippen molar-refractivity contribution < 1.29 is 29.2 Å². The van der Waals surface area contributed by atoms with Crippen LogP contribution < -0.4 is 11.2 Å². The standard InChI is InChI=1S/C20H17FN2O7/c21-13-8-22(19-16(26)15(25)14(9-24)30-19)20(29)23(18(13)28)17(27)12-7-3-5-10-4-1-2-6-11(10)12/h1-8,14-16,19,24-26H,9H2/t14-,15-,16-,19-/m1/s1. The van der Waals surface area contributed by atoms with Gasteiger partial charge < -0.3 is 20.1 Å². The van der Waals surface area contributed by atoms with Crippen LogP contribution in [0.2, 0.25) is 0 Å². The number of hydrogen-bond donors (Lipinski definition) is 3. The minimum Gasteiger partial charge on any atom is -0.394 e. The number of aliphatic hydroxyl groups is 3. The molecule has 0 unspecified atom stereocenters. The first kappa shape index (κ1) is 20.1. The van der Waals surface area contributed by atoms with Crippen molar-refractivity contribution in [3.63, 3.8) is 0 Å². The quantitative estimate of drug-likeness (QED) is 0.530. The molecule has 1 fully saturated rings. The first-order valence-electron chi connectivity index (χ1n) is 9.03. The normalized spacial score (nSPS) is 23.7. The van der Waals surface area contributed by atoms with E-state index in [9.17, 15) is 34.1 Å². The minimum atomic E-state index is -1.70. The van der Waals surface area contributed by atoms with Crippen LogP contribution in [0.4, 0.5) is 4.39 Å². The van der Waals surface area contributed by atoms with E-state index >= 15 is 0 Å². The highest BCUT2D eigenvalue weighted by Crippen LogP contribution is 2.28. The topological polar surface area (TPSA) is 131 Å². The summed E-state index contributed by atoms with van der Waals surface area (Å²) in [5.41, 5.74) is -2.71. The average Bonchev–Trinajstić information content (AvgIpc) is 3.04. The second-order valence-corrected chi connectivity index (χ2v) is 6.87. The van der Waals surface area contributed by atoms with Crippen molar-refractivity contribution in [1.29, 1.82) is 0 Å². The van der Waals surface area contributed by atoms with E-state index in [1.807, 2.05) is 0 Å². The number of nitrogens with zero attached hydrogens (tertiary/aromatic N) is 2. The van der Waals surface area contributed by atoms with Gasteiger partial charge in [-0.3, -0.25) is 14.2 Å². The van der Waals surface area contributed by atoms with E-state index < -0.39 is 54.1 Å². The average molecular weight is 416 g/mol. The lowest BCUT2D eigenvalue weighted by Gasteiger charge is -2.18. The zero-order valence-electron chi connectivity index (χ0n) is 15.4. The van der Waals surface area contributed by atoms with Gasteiger partial charge in [0.2, 0.25) is 5.82 Å². The molecule has 2 heterocycles. The van der Waals surface area contributed by atoms with Gasteiger partial charge in [-0.2, -0.15) is 8.96 Å². The van der Waals surface area contributed by atoms with Gasteiger partial charge in [0.15, 0.2) is 6.23 Å². The molecule has 3 N–H and O–H groups in total. The highest BCUT2D eigenvalue weighted by Gasteiger charge is 2.44. The molecule has 9 nitrogen and oxygen atoms in total. The highest BCUT2D eigenvalue weighted by molar-refractivity contribution is 6.07. The first-order chi connectivity index (χ1) is 14.3. The second-order valence-electron chi connectivity index (χ2n) is 6.87. The third kappa shape index (κ3) is 3.06. The van der Waals surface area contributed by atoms with Crippen molar-refractivity contribution in [2.24, 2.45) is 0 Å². The SMILES string of the molecule is O=C(c1cccc2ccccc12)n1c(=O)c(F)cn([C@@H]2O[C@H](CO)[C@@H](O)[C@H]2O)c1=O. The van der Waals surface area contributed by atoms with Gasteiger partial charge in [-0.05, 0) is 16.8 Å². The molecule has 1 aromatic heterocycles. The van der Waals surface area contributed by atoms with E-state index in [-0.39, 0.29) is 10.1 Å². The Kier molecular flexibility index (Phi) is 5.08. The molecule has 0 aliphatic carbocycles. The van der Waals surface area contributed by atoms with Crippen molar-refractivity contribution in [2.75, 3.05) is 6.61 Å². The Balaban J connectivity index is 1.88. The summed E-state index contributed by atoms with van der Waals surface area (Å²) in [5.74, 6) is -2.48. The number of carbonyl (C=O) groups is 1. The van der Waals surface area contributed by atoms with Gasteiger partial charge in [0.05, 0.1) is 12.8 Å². The smallest absolute Gasteiger partial charge is 0.340 e. The molecule has 1 aliphatic heterocycles. The fourth-order valence-electron chi connectivity index (χ4n) is 3.55. The summed E-state index contributed by atoms with van der Waals surface area (Å²) < 4.78 is 20.2. The van der Waals surface area contributed by atoms with Crippen molar-refractivity contribution in [2.45, 2.75) is 24.5 Å². The van der Waals surface area contributed by atoms with Gasteiger partial charge in [0.25, 0.3) is 11.5 Å². The van der Waals surface area contributed by atoms with Crippen molar-refractivity contribution >= 4 is 16.7 Å². The van der Waals surface area contributed by atoms with Crippen LogP contribution in [0.3, 0.4) is 0 Å². The maximum absolute atomic E-state index is 14.4. The Hall–Kier alpha value is -3.18. The van der Waals surface area contributed by atoms with Crippen molar-refractivity contribution in [3.05, 3.63) is 80.9 Å². The fourth-order valence-corrected chi connectivity index (χ4v) is 3.55. The predicted octanol–water partition coefficient (Wildman–Crippen LogP) is -0.398. The zero-order valence-corrected chi connectivity index (χ0v) is 15.4. The molecule has 2 aromatic carbocycles. The number of carbonyl (C=O) groups excluding carboxylic acids is 1. The molecular formula is C20H17FN2O7. The largest absolute Gasteiger partial charge is 0.394 e. The summed E-state index contributed by atoms with van der Waals surface area (Å²) in [6.45, 7) is -0.666. The summed E-state index contributed by atoms with van der Waals surface area (Å²) in [7, 11) is 0. The van der Waals surface area contributed by atoms with Gasteiger partial charge in [0, 0.05) is 5.56 Å². The molecule has 0 radical (unpaired) electrons. The number of hydrogen-bond acceptors (Lipinski definition) is 7. The molecule has 0 spiro atoms. The Bertz CT molecular complexity index is 1250. The lowest BCUT2D eigenvalue weighted by Crippen LogP contribution is -2.47. The van der Waals surface area contributed by atoms with Crippen LogP contribution in [0, 0.1) is 5.82 Å². The van der Waals surface area contributed by atoms with E-state index in [0.717, 1.165) is 0 Å². The van der Waals surface area contributed by atoms with E-state index in [2.05, 4.69) is 0 Å². The Morgan fingerprint density at radius 1 is 1.07 bits per heavy atom.